The van der Waals surface area contributed by atoms with Gasteiger partial charge in [0.25, 0.3) is 10.0 Å². The molecule has 2 aromatic carbocycles. The molecule has 0 saturated heterocycles. The van der Waals surface area contributed by atoms with Crippen molar-refractivity contribution in [2.45, 2.75) is 17.1 Å². The molecule has 0 aliphatic carbocycles. The molecule has 2 aromatic heterocycles. The number of aromatic nitrogens is 1. The van der Waals surface area contributed by atoms with Gasteiger partial charge in [0, 0.05) is 30.2 Å². The van der Waals surface area contributed by atoms with E-state index in [4.69, 9.17) is 0 Å². The average Bonchev–Trinajstić information content (AvgIpc) is 2.83. The van der Waals surface area contributed by atoms with Crippen LogP contribution in [0, 0.1) is 17.5 Å². The summed E-state index contributed by atoms with van der Waals surface area (Å²) in [5, 5.41) is 16.1. The van der Waals surface area contributed by atoms with Crippen LogP contribution >= 0.6 is 0 Å². The van der Waals surface area contributed by atoms with Crippen LogP contribution in [0.25, 0.3) is 5.52 Å². The monoisotopic (exact) mass is 597 g/mol. The van der Waals surface area contributed by atoms with Crippen molar-refractivity contribution in [3.05, 3.63) is 105 Å². The zero-order valence-corrected chi connectivity index (χ0v) is 24.8. The summed E-state index contributed by atoms with van der Waals surface area (Å²) < 4.78 is 84.2. The molecule has 1 aliphatic rings. The first-order valence-electron chi connectivity index (χ1n) is 11.3. The number of halogens is 3. The Labute approximate surface area is 249 Å². The van der Waals surface area contributed by atoms with E-state index in [1.165, 1.54) is 36.6 Å². The van der Waals surface area contributed by atoms with E-state index in [9.17, 15) is 35.7 Å². The van der Waals surface area contributed by atoms with Crippen LogP contribution in [0.5, 0.6) is 5.88 Å². The summed E-state index contributed by atoms with van der Waals surface area (Å²) >= 11 is 0. The van der Waals surface area contributed by atoms with Gasteiger partial charge in [0.05, 0.1) is 16.8 Å². The Balaban J connectivity index is 0.00000370. The summed E-state index contributed by atoms with van der Waals surface area (Å²) in [4.78, 5) is 13.4. The maximum Gasteiger partial charge on any atom is 1.00 e. The number of fused-ring (bicyclic) bond motifs is 2. The van der Waals surface area contributed by atoms with Gasteiger partial charge in [-0.3, -0.25) is 9.00 Å². The third kappa shape index (κ3) is 5.70. The number of hydrogen-bond acceptors (Lipinski definition) is 6. The van der Waals surface area contributed by atoms with Crippen LogP contribution < -0.4 is 45.4 Å². The third-order valence-corrected chi connectivity index (χ3v) is 8.28. The van der Waals surface area contributed by atoms with E-state index in [0.29, 0.717) is 5.56 Å². The number of sulfonamides is 1. The SMILES string of the molecule is C=S(C)(=O)Cc1ccc2c(c1)S(=O)(=O)N=C(c1c([O-])n3cc(F)ccc3c(Cc3ccc(F)c(F)c3)c1=O)N2.[Na+]. The van der Waals surface area contributed by atoms with Crippen molar-refractivity contribution >= 4 is 42.5 Å². The number of rotatable bonds is 5. The molecule has 0 spiro atoms. The molecule has 0 fully saturated rings. The summed E-state index contributed by atoms with van der Waals surface area (Å²) in [6.07, 6.45) is 1.98. The Hall–Kier alpha value is -3.10. The van der Waals surface area contributed by atoms with E-state index in [-0.39, 0.29) is 69.0 Å². The van der Waals surface area contributed by atoms with Crippen LogP contribution in [0.2, 0.25) is 0 Å². The second-order valence-electron chi connectivity index (χ2n) is 9.21. The Bertz CT molecular complexity index is 2010. The van der Waals surface area contributed by atoms with Crippen LogP contribution in [-0.4, -0.2) is 35.0 Å². The van der Waals surface area contributed by atoms with Crippen LogP contribution in [0.3, 0.4) is 0 Å². The molecule has 202 valence electrons. The topological polar surface area (TPSA) is 120 Å². The maximum absolute atomic E-state index is 14.1. The summed E-state index contributed by atoms with van der Waals surface area (Å²) in [6, 6.07) is 9.41. The smallest absolute Gasteiger partial charge is 0.859 e. The average molecular weight is 598 g/mol. The molecule has 1 N–H and O–H groups in total. The zero-order chi connectivity index (χ0) is 28.3. The third-order valence-electron chi connectivity index (χ3n) is 6.02. The first-order chi connectivity index (χ1) is 18.2. The molecule has 40 heavy (non-hydrogen) atoms. The maximum atomic E-state index is 14.1. The van der Waals surface area contributed by atoms with E-state index in [1.807, 2.05) is 0 Å². The van der Waals surface area contributed by atoms with Crippen molar-refractivity contribution in [1.29, 1.82) is 0 Å². The molecule has 5 rings (SSSR count). The van der Waals surface area contributed by atoms with E-state index in [2.05, 4.69) is 15.6 Å². The molecule has 4 aromatic rings. The van der Waals surface area contributed by atoms with Gasteiger partial charge in [0.2, 0.25) is 0 Å². The minimum atomic E-state index is -4.43. The number of amidine groups is 1. The van der Waals surface area contributed by atoms with Gasteiger partial charge in [0.15, 0.2) is 22.9 Å². The van der Waals surface area contributed by atoms with Crippen LogP contribution in [0.4, 0.5) is 18.9 Å². The molecular weight excluding hydrogens is 578 g/mol. The fraction of sp³-hybridized carbons (Fsp3) is 0.115. The standard InChI is InChI=1S/C26H20F3N3O5S2.Na/c1-38(2,35)13-15-4-7-20-22(11-15)39(36,37)31-25(30-20)23-24(33)17(9-14-3-6-18(28)19(29)10-14)21-8-5-16(27)12-32(21)26(23)34;/h3-8,10-12,34H,1,9,13H2,2H3,(H,30,31);/q;+1/p-1. The molecule has 1 atom stereocenters. The molecular formula is C26H19F3N3NaO5S2. The number of pyridine rings is 2. The number of anilines is 1. The molecule has 3 heterocycles. The first kappa shape index (κ1) is 29.9. The number of nitrogens with one attached hydrogen (secondary N) is 1. The molecule has 1 aliphatic heterocycles. The molecule has 14 heteroatoms. The molecule has 0 saturated carbocycles. The van der Waals surface area contributed by atoms with Gasteiger partial charge in [-0.1, -0.05) is 12.1 Å². The van der Waals surface area contributed by atoms with Crippen molar-refractivity contribution in [3.8, 4) is 5.88 Å². The Morgan fingerprint density at radius 1 is 1.05 bits per heavy atom. The van der Waals surface area contributed by atoms with Gasteiger partial charge in [-0.05, 0) is 68.8 Å². The van der Waals surface area contributed by atoms with Gasteiger partial charge in [-0.15, -0.1) is 4.40 Å². The molecule has 8 nitrogen and oxygen atoms in total. The minimum absolute atomic E-state index is 0. The number of nitrogens with zero attached hydrogens (tertiary/aromatic N) is 2. The van der Waals surface area contributed by atoms with E-state index in [0.717, 1.165) is 28.8 Å². The molecule has 1 unspecified atom stereocenters. The van der Waals surface area contributed by atoms with Gasteiger partial charge in [-0.2, -0.15) is 8.42 Å². The number of benzene rings is 2. The van der Waals surface area contributed by atoms with Crippen LogP contribution in [-0.2, 0) is 31.7 Å². The molecule has 0 bridgehead atoms. The molecule has 0 amide bonds. The van der Waals surface area contributed by atoms with Gasteiger partial charge in [0.1, 0.15) is 10.7 Å². The van der Waals surface area contributed by atoms with Crippen LogP contribution in [0.1, 0.15) is 22.3 Å². The zero-order valence-electron chi connectivity index (χ0n) is 21.2. The van der Waals surface area contributed by atoms with Crippen molar-refractivity contribution in [2.24, 2.45) is 4.40 Å². The van der Waals surface area contributed by atoms with Gasteiger partial charge >= 0.3 is 29.6 Å². The van der Waals surface area contributed by atoms with Crippen LogP contribution in [0.15, 0.2) is 68.8 Å². The normalized spacial score (nSPS) is 15.3. The fourth-order valence-corrected chi connectivity index (χ4v) is 6.42. The van der Waals surface area contributed by atoms with E-state index >= 15 is 0 Å². The predicted molar refractivity (Wildman–Crippen MR) is 141 cm³/mol. The second kappa shape index (κ2) is 10.7. The summed E-state index contributed by atoms with van der Waals surface area (Å²) in [7, 11) is -6.91. The summed E-state index contributed by atoms with van der Waals surface area (Å²) in [6.45, 7) is 0. The van der Waals surface area contributed by atoms with Crippen molar-refractivity contribution in [2.75, 3.05) is 11.6 Å². The van der Waals surface area contributed by atoms with Crippen molar-refractivity contribution in [1.82, 2.24) is 4.40 Å². The Kier molecular flexibility index (Phi) is 8.00. The summed E-state index contributed by atoms with van der Waals surface area (Å²) in [5.74, 6) is -1.09. The van der Waals surface area contributed by atoms with Gasteiger partial charge in [-0.25, -0.2) is 13.2 Å². The Morgan fingerprint density at radius 2 is 1.75 bits per heavy atom. The van der Waals surface area contributed by atoms with Crippen molar-refractivity contribution in [3.63, 3.8) is 0 Å². The molecule has 0 radical (unpaired) electrons. The first-order valence-corrected chi connectivity index (χ1v) is 15.0. The number of hydrogen-bond donors (Lipinski definition) is 1. The van der Waals surface area contributed by atoms with E-state index in [1.54, 1.807) is 0 Å². The Morgan fingerprint density at radius 3 is 2.42 bits per heavy atom. The predicted octanol–water partition coefficient (Wildman–Crippen LogP) is -0.208. The van der Waals surface area contributed by atoms with E-state index < -0.39 is 59.7 Å². The summed E-state index contributed by atoms with van der Waals surface area (Å²) in [5.41, 5.74) is -1.05. The van der Waals surface area contributed by atoms with Gasteiger partial charge < -0.3 is 14.8 Å². The second-order valence-corrected chi connectivity index (χ2v) is 13.4. The fourth-order valence-electron chi connectivity index (χ4n) is 4.36. The largest absolute Gasteiger partial charge is 1.00 e. The quantitative estimate of drug-likeness (QED) is 0.251. The van der Waals surface area contributed by atoms with Crippen molar-refractivity contribution < 1.29 is 60.5 Å². The minimum Gasteiger partial charge on any atom is -0.859 e.